The Morgan fingerprint density at radius 2 is 1.89 bits per heavy atom. The van der Waals surface area contributed by atoms with Gasteiger partial charge in [-0.15, -0.1) is 0 Å². The van der Waals surface area contributed by atoms with E-state index < -0.39 is 0 Å². The summed E-state index contributed by atoms with van der Waals surface area (Å²) in [5.41, 5.74) is 11.0. The number of nitrogens with zero attached hydrogens (tertiary/aromatic N) is 3. The number of aryl methyl sites for hydroxylation is 1. The van der Waals surface area contributed by atoms with E-state index in [1.165, 1.54) is 0 Å². The maximum Gasteiger partial charge on any atom is 0.201 e. The summed E-state index contributed by atoms with van der Waals surface area (Å²) in [5.74, 6) is 1.07. The molecule has 6 heteroatoms. The molecule has 140 valence electrons. The SMILES string of the molecule is Cc1ccc(OCc2ccccc2)c(Cn2c(N)nc3ccc(C=O)cc32)n1. The number of imidazole rings is 1. The number of carbonyl (C=O) groups excluding carboxylic acids is 1. The lowest BCUT2D eigenvalue weighted by molar-refractivity contribution is 0.112. The van der Waals surface area contributed by atoms with Gasteiger partial charge in [-0.25, -0.2) is 4.98 Å². The molecule has 2 heterocycles. The second kappa shape index (κ2) is 7.52. The zero-order valence-corrected chi connectivity index (χ0v) is 15.5. The topological polar surface area (TPSA) is 83.0 Å². The van der Waals surface area contributed by atoms with Crippen LogP contribution in [0.5, 0.6) is 5.75 Å². The molecule has 0 spiro atoms. The lowest BCUT2D eigenvalue weighted by Crippen LogP contribution is -2.09. The van der Waals surface area contributed by atoms with Crippen LogP contribution in [0.25, 0.3) is 11.0 Å². The number of benzene rings is 2. The summed E-state index contributed by atoms with van der Waals surface area (Å²) in [5, 5.41) is 0. The highest BCUT2D eigenvalue weighted by Gasteiger charge is 2.14. The molecule has 0 aliphatic rings. The maximum atomic E-state index is 11.2. The molecule has 4 rings (SSSR count). The van der Waals surface area contributed by atoms with Gasteiger partial charge in [0.05, 0.1) is 17.6 Å². The molecule has 2 N–H and O–H groups in total. The van der Waals surface area contributed by atoms with Gasteiger partial charge in [-0.1, -0.05) is 30.3 Å². The molecule has 2 aromatic heterocycles. The van der Waals surface area contributed by atoms with Gasteiger partial charge in [0, 0.05) is 11.3 Å². The van der Waals surface area contributed by atoms with Crippen LogP contribution in [-0.2, 0) is 13.2 Å². The minimum atomic E-state index is 0.371. The third-order valence-corrected chi connectivity index (χ3v) is 4.55. The molecule has 0 aliphatic heterocycles. The number of nitrogen functional groups attached to an aromatic ring is 1. The quantitative estimate of drug-likeness (QED) is 0.521. The van der Waals surface area contributed by atoms with E-state index in [9.17, 15) is 4.79 Å². The van der Waals surface area contributed by atoms with Gasteiger partial charge in [-0.2, -0.15) is 0 Å². The normalized spacial score (nSPS) is 10.9. The molecule has 0 saturated heterocycles. The van der Waals surface area contributed by atoms with Crippen molar-refractivity contribution in [2.75, 3.05) is 5.73 Å². The molecule has 2 aromatic carbocycles. The summed E-state index contributed by atoms with van der Waals surface area (Å²) in [4.78, 5) is 20.2. The molecule has 0 atom stereocenters. The number of ether oxygens (including phenoxy) is 1. The Balaban J connectivity index is 1.68. The van der Waals surface area contributed by atoms with E-state index in [1.54, 1.807) is 18.2 Å². The van der Waals surface area contributed by atoms with Crippen molar-refractivity contribution in [3.05, 3.63) is 83.2 Å². The summed E-state index contributed by atoms with van der Waals surface area (Å²) in [6, 6.07) is 19.1. The average molecular weight is 372 g/mol. The van der Waals surface area contributed by atoms with Crippen molar-refractivity contribution < 1.29 is 9.53 Å². The van der Waals surface area contributed by atoms with Crippen molar-refractivity contribution in [2.24, 2.45) is 0 Å². The third-order valence-electron chi connectivity index (χ3n) is 4.55. The van der Waals surface area contributed by atoms with Crippen LogP contribution < -0.4 is 10.5 Å². The minimum absolute atomic E-state index is 0.371. The Labute approximate surface area is 162 Å². The van der Waals surface area contributed by atoms with Crippen molar-refractivity contribution in [3.8, 4) is 5.75 Å². The molecular formula is C22H20N4O2. The van der Waals surface area contributed by atoms with Crippen molar-refractivity contribution in [1.29, 1.82) is 0 Å². The van der Waals surface area contributed by atoms with E-state index in [0.29, 0.717) is 30.4 Å². The van der Waals surface area contributed by atoms with Crippen molar-refractivity contribution in [3.63, 3.8) is 0 Å². The van der Waals surface area contributed by atoms with Gasteiger partial charge in [0.15, 0.2) is 0 Å². The number of hydrogen-bond acceptors (Lipinski definition) is 5. The number of anilines is 1. The highest BCUT2D eigenvalue weighted by Crippen LogP contribution is 2.24. The number of aldehydes is 1. The fourth-order valence-corrected chi connectivity index (χ4v) is 3.13. The van der Waals surface area contributed by atoms with Crippen LogP contribution in [0.2, 0.25) is 0 Å². The van der Waals surface area contributed by atoms with Crippen LogP contribution in [0.4, 0.5) is 5.95 Å². The van der Waals surface area contributed by atoms with Gasteiger partial charge >= 0.3 is 0 Å². The highest BCUT2D eigenvalue weighted by atomic mass is 16.5. The molecule has 0 amide bonds. The fourth-order valence-electron chi connectivity index (χ4n) is 3.13. The Morgan fingerprint density at radius 1 is 1.07 bits per heavy atom. The van der Waals surface area contributed by atoms with Gasteiger partial charge in [-0.3, -0.25) is 9.78 Å². The number of rotatable bonds is 6. The first-order valence-electron chi connectivity index (χ1n) is 8.98. The van der Waals surface area contributed by atoms with Crippen LogP contribution in [0.1, 0.15) is 27.3 Å². The lowest BCUT2D eigenvalue weighted by atomic mass is 10.2. The van der Waals surface area contributed by atoms with Crippen LogP contribution >= 0.6 is 0 Å². The van der Waals surface area contributed by atoms with E-state index >= 15 is 0 Å². The van der Waals surface area contributed by atoms with Crippen LogP contribution in [0, 0.1) is 6.92 Å². The predicted molar refractivity (Wildman–Crippen MR) is 108 cm³/mol. The molecule has 0 saturated carbocycles. The number of carbonyl (C=O) groups is 1. The first kappa shape index (κ1) is 17.7. The Morgan fingerprint density at radius 3 is 2.68 bits per heavy atom. The largest absolute Gasteiger partial charge is 0.487 e. The summed E-state index contributed by atoms with van der Waals surface area (Å²) in [7, 11) is 0. The number of hydrogen-bond donors (Lipinski definition) is 1. The summed E-state index contributed by atoms with van der Waals surface area (Å²) in [6.45, 7) is 2.79. The third kappa shape index (κ3) is 3.57. The Kier molecular flexibility index (Phi) is 4.76. The molecular weight excluding hydrogens is 352 g/mol. The monoisotopic (exact) mass is 372 g/mol. The van der Waals surface area contributed by atoms with Crippen LogP contribution in [-0.4, -0.2) is 20.8 Å². The number of nitrogens with two attached hydrogens (primary N) is 1. The highest BCUT2D eigenvalue weighted by molar-refractivity contribution is 5.86. The van der Waals surface area contributed by atoms with Gasteiger partial charge in [0.2, 0.25) is 5.95 Å². The first-order valence-corrected chi connectivity index (χ1v) is 8.98. The van der Waals surface area contributed by atoms with Crippen LogP contribution in [0.3, 0.4) is 0 Å². The molecule has 0 unspecified atom stereocenters. The molecule has 0 aliphatic carbocycles. The van der Waals surface area contributed by atoms with Gasteiger partial charge in [-0.05, 0) is 42.8 Å². The second-order valence-corrected chi connectivity index (χ2v) is 6.59. The van der Waals surface area contributed by atoms with E-state index in [2.05, 4.69) is 9.97 Å². The molecule has 28 heavy (non-hydrogen) atoms. The first-order chi connectivity index (χ1) is 13.6. The van der Waals surface area contributed by atoms with Crippen LogP contribution in [0.15, 0.2) is 60.7 Å². The molecule has 0 fully saturated rings. The van der Waals surface area contributed by atoms with Crippen molar-refractivity contribution in [1.82, 2.24) is 14.5 Å². The summed E-state index contributed by atoms with van der Waals surface area (Å²) < 4.78 is 7.88. The van der Waals surface area contributed by atoms with E-state index in [-0.39, 0.29) is 0 Å². The van der Waals surface area contributed by atoms with Gasteiger partial charge < -0.3 is 15.0 Å². The van der Waals surface area contributed by atoms with E-state index in [1.807, 2.05) is 54.0 Å². The van der Waals surface area contributed by atoms with Gasteiger partial charge in [0.1, 0.15) is 24.3 Å². The summed E-state index contributed by atoms with van der Waals surface area (Å²) >= 11 is 0. The number of pyridine rings is 1. The van der Waals surface area contributed by atoms with E-state index in [4.69, 9.17) is 10.5 Å². The number of fused-ring (bicyclic) bond motifs is 1. The van der Waals surface area contributed by atoms with E-state index in [0.717, 1.165) is 34.3 Å². The predicted octanol–water partition coefficient (Wildman–Crippen LogP) is 3.76. The number of aromatic nitrogens is 3. The van der Waals surface area contributed by atoms with Gasteiger partial charge in [0.25, 0.3) is 0 Å². The van der Waals surface area contributed by atoms with Crippen molar-refractivity contribution in [2.45, 2.75) is 20.1 Å². The molecule has 0 bridgehead atoms. The Bertz CT molecular complexity index is 1140. The summed E-state index contributed by atoms with van der Waals surface area (Å²) in [6.07, 6.45) is 0.812. The standard InChI is InChI=1S/C22H20N4O2/c1-15-7-10-21(28-14-16-5-3-2-4-6-16)19(24-15)12-26-20-11-17(13-27)8-9-18(20)25-22(26)23/h2-11,13H,12,14H2,1H3,(H2,23,25). The minimum Gasteiger partial charge on any atom is -0.487 e. The zero-order chi connectivity index (χ0) is 19.5. The average Bonchev–Trinajstić information content (AvgIpc) is 3.02. The second-order valence-electron chi connectivity index (χ2n) is 6.59. The molecule has 4 aromatic rings. The zero-order valence-electron chi connectivity index (χ0n) is 15.5. The van der Waals surface area contributed by atoms with Crippen molar-refractivity contribution >= 4 is 23.3 Å². The molecule has 0 radical (unpaired) electrons. The smallest absolute Gasteiger partial charge is 0.201 e. The molecule has 6 nitrogen and oxygen atoms in total. The fraction of sp³-hybridized carbons (Fsp3) is 0.136. The lowest BCUT2D eigenvalue weighted by Gasteiger charge is -2.13. The maximum absolute atomic E-state index is 11.2. The Hall–Kier alpha value is -3.67.